The highest BCUT2D eigenvalue weighted by atomic mass is 19.4. The van der Waals surface area contributed by atoms with Crippen LogP contribution < -0.4 is 47.7 Å². The largest absolute Gasteiger partial charge is 0.418 e. The maximum atomic E-state index is 15.2. The summed E-state index contributed by atoms with van der Waals surface area (Å²) in [6.07, 6.45) is 0.787. The molecule has 2 aliphatic rings. The number of nitrogens with two attached hydrogens (primary N) is 1. The van der Waals surface area contributed by atoms with E-state index in [1.54, 1.807) is 53.1 Å². The Kier molecular flexibility index (Phi) is 21.9. The number of carbonyl (C=O) groups excluding carboxylic acids is 7. The van der Waals surface area contributed by atoms with Gasteiger partial charge in [-0.2, -0.15) is 13.2 Å². The number of rotatable bonds is 25. The van der Waals surface area contributed by atoms with Crippen LogP contribution in [0.1, 0.15) is 100 Å². The first kappa shape index (κ1) is 67.3. The highest BCUT2D eigenvalue weighted by Crippen LogP contribution is 2.40. The van der Waals surface area contributed by atoms with Gasteiger partial charge in [-0.3, -0.25) is 48.1 Å². The lowest BCUT2D eigenvalue weighted by Gasteiger charge is -2.37. The van der Waals surface area contributed by atoms with Crippen LogP contribution in [0, 0.1) is 17.8 Å². The van der Waals surface area contributed by atoms with Gasteiger partial charge in [0.2, 0.25) is 35.4 Å². The number of nitrogens with zero attached hydrogens (tertiary/aromatic N) is 6. The molecule has 3 aromatic heterocycles. The number of fused-ring (bicyclic) bond motifs is 6. The van der Waals surface area contributed by atoms with Gasteiger partial charge in [0, 0.05) is 128 Å². The van der Waals surface area contributed by atoms with Gasteiger partial charge in [-0.25, -0.2) is 4.79 Å². The number of alkyl halides is 3. The summed E-state index contributed by atoms with van der Waals surface area (Å²) in [6.45, 7) is 4.70. The van der Waals surface area contributed by atoms with Crippen molar-refractivity contribution in [1.29, 1.82) is 0 Å². The molecular formula is C72H75F3N12O8. The van der Waals surface area contributed by atoms with Crippen LogP contribution in [0.15, 0.2) is 145 Å². The van der Waals surface area contributed by atoms with Crippen LogP contribution in [0.2, 0.25) is 0 Å². The second-order valence-electron chi connectivity index (χ2n) is 24.0. The Hall–Kier alpha value is -10.6. The number of halogens is 3. The van der Waals surface area contributed by atoms with Gasteiger partial charge in [0.05, 0.1) is 40.0 Å². The predicted molar refractivity (Wildman–Crippen MR) is 358 cm³/mol. The smallest absolute Gasteiger partial charge is 0.367 e. The number of pyridine rings is 3. The highest BCUT2D eigenvalue weighted by molar-refractivity contribution is 6.06. The first-order valence-electron chi connectivity index (χ1n) is 32.0. The van der Waals surface area contributed by atoms with Gasteiger partial charge in [-0.15, -0.1) is 0 Å². The number of nitrogens with one attached hydrogen (secondary N) is 5. The zero-order valence-corrected chi connectivity index (χ0v) is 52.9. The molecule has 1 fully saturated rings. The van der Waals surface area contributed by atoms with E-state index in [9.17, 15) is 38.4 Å². The Morgan fingerprint density at radius 3 is 2.12 bits per heavy atom. The van der Waals surface area contributed by atoms with Gasteiger partial charge in [-0.05, 0) is 116 Å². The number of primary amides is 1. The van der Waals surface area contributed by atoms with Crippen LogP contribution in [-0.4, -0.2) is 119 Å². The Morgan fingerprint density at radius 1 is 0.600 bits per heavy atom. The van der Waals surface area contributed by atoms with Crippen LogP contribution >= 0.6 is 0 Å². The van der Waals surface area contributed by atoms with E-state index in [1.807, 2.05) is 91.0 Å². The number of anilines is 2. The Labute approximate surface area is 547 Å². The maximum absolute atomic E-state index is 15.2. The predicted octanol–water partition coefficient (Wildman–Crippen LogP) is 8.80. The average Bonchev–Trinajstić information content (AvgIpc) is 0.751. The lowest BCUT2D eigenvalue weighted by molar-refractivity contribution is -0.137. The van der Waals surface area contributed by atoms with Crippen LogP contribution in [0.3, 0.4) is 0 Å². The molecule has 20 nitrogen and oxygen atoms in total. The summed E-state index contributed by atoms with van der Waals surface area (Å²) in [5.74, 6) is 3.69. The Morgan fingerprint density at radius 2 is 1.33 bits per heavy atom. The van der Waals surface area contributed by atoms with E-state index in [0.717, 1.165) is 44.8 Å². The van der Waals surface area contributed by atoms with Crippen LogP contribution in [0.5, 0.6) is 0 Å². The standard InChI is InChI=1S/C72H75F3N12O8/c1-46(2)67(70(94)82-59(19-13-34-79-71(76)95)69(93)78-33-11-3-4-21-62(88)77-35-32-65(91)86-45-52-17-6-5-14-47(52)24-25-48-15-8-10-20-60(48)86)83-63(89)22-12-23-64(90)85-38-36-84(37-39-85)61-30-28-54(42-56(61)72(73,74)75)87-66(92)31-27-51-43-81-58-29-26-49(41-55(58)68(51)87)53-40-50-16-7-9-18-57(50)80-44-53/h5-10,14-18,20,26-31,40-44,46,59,67H,3-4,11-13,19,21-23,32-39,45H2,1-2H3,(H,77,88)(H,78,93)(H,82,94)(H,83,89)(H3,76,79,95)/t59-,67-/m0/s1. The van der Waals surface area contributed by atoms with Crippen molar-refractivity contribution in [2.24, 2.45) is 11.7 Å². The summed E-state index contributed by atoms with van der Waals surface area (Å²) in [7, 11) is 0. The molecule has 0 bridgehead atoms. The van der Waals surface area contributed by atoms with Crippen molar-refractivity contribution in [2.75, 3.05) is 55.6 Å². The summed E-state index contributed by atoms with van der Waals surface area (Å²) >= 11 is 0. The minimum absolute atomic E-state index is 0.0124. The molecule has 0 spiro atoms. The van der Waals surface area contributed by atoms with E-state index >= 15 is 13.2 Å². The molecule has 0 unspecified atom stereocenters. The summed E-state index contributed by atoms with van der Waals surface area (Å²) < 4.78 is 46.8. The fourth-order valence-electron chi connectivity index (χ4n) is 12.0. The van der Waals surface area contributed by atoms with Crippen LogP contribution in [0.25, 0.3) is 49.5 Å². The highest BCUT2D eigenvalue weighted by Gasteiger charge is 2.37. The van der Waals surface area contributed by atoms with E-state index in [-0.39, 0.29) is 120 Å². The monoisotopic (exact) mass is 1290 g/mol. The molecular weight excluding hydrogens is 1220 g/mol. The molecule has 5 aromatic carbocycles. The second kappa shape index (κ2) is 30.9. The van der Waals surface area contributed by atoms with Crippen molar-refractivity contribution in [3.63, 3.8) is 0 Å². The third kappa shape index (κ3) is 17.0. The molecule has 95 heavy (non-hydrogen) atoms. The number of unbranched alkanes of at least 4 members (excludes halogenated alkanes) is 2. The van der Waals surface area contributed by atoms with Crippen molar-refractivity contribution >= 4 is 85.6 Å². The van der Waals surface area contributed by atoms with E-state index in [4.69, 9.17) is 5.73 Å². The van der Waals surface area contributed by atoms with Gasteiger partial charge in [0.15, 0.2) is 0 Å². The number of hydrogen-bond acceptors (Lipinski definition) is 11. The van der Waals surface area contributed by atoms with Gasteiger partial charge < -0.3 is 47.0 Å². The molecule has 0 radical (unpaired) electrons. The molecule has 8 aromatic rings. The average molecular weight is 1290 g/mol. The van der Waals surface area contributed by atoms with Crippen molar-refractivity contribution in [2.45, 2.75) is 103 Å². The fraction of sp³-hybridized carbons (Fsp3) is 0.333. The molecule has 1 saturated heterocycles. The molecule has 8 amide bonds. The molecule has 492 valence electrons. The minimum Gasteiger partial charge on any atom is -0.367 e. The first-order chi connectivity index (χ1) is 45.8. The third-order valence-electron chi connectivity index (χ3n) is 17.0. The van der Waals surface area contributed by atoms with E-state index in [1.165, 1.54) is 22.8 Å². The fourth-order valence-corrected chi connectivity index (χ4v) is 12.0. The Balaban J connectivity index is 0.675. The molecule has 5 heterocycles. The summed E-state index contributed by atoms with van der Waals surface area (Å²) in [5, 5.41) is 15.7. The normalized spacial score (nSPS) is 13.6. The van der Waals surface area contributed by atoms with Gasteiger partial charge in [0.1, 0.15) is 12.1 Å². The molecule has 2 atom stereocenters. The van der Waals surface area contributed by atoms with Gasteiger partial charge in [0.25, 0.3) is 5.56 Å². The second-order valence-corrected chi connectivity index (χ2v) is 24.0. The molecule has 10 rings (SSSR count). The number of amides is 8. The van der Waals surface area contributed by atoms with Gasteiger partial charge in [-0.1, -0.05) is 86.7 Å². The minimum atomic E-state index is -4.82. The van der Waals surface area contributed by atoms with Crippen molar-refractivity contribution in [3.8, 4) is 28.7 Å². The lowest BCUT2D eigenvalue weighted by Crippen LogP contribution is -2.55. The van der Waals surface area contributed by atoms with Crippen molar-refractivity contribution in [1.82, 2.24) is 46.0 Å². The van der Waals surface area contributed by atoms with Crippen LogP contribution in [0.4, 0.5) is 29.3 Å². The molecule has 2 aliphatic heterocycles. The van der Waals surface area contributed by atoms with Crippen molar-refractivity contribution < 1.29 is 46.7 Å². The quantitative estimate of drug-likeness (QED) is 0.0179. The van der Waals surface area contributed by atoms with E-state index in [2.05, 4.69) is 48.4 Å². The zero-order chi connectivity index (χ0) is 67.2. The molecule has 7 N–H and O–H groups in total. The number of carbonyl (C=O) groups is 7. The van der Waals surface area contributed by atoms with Gasteiger partial charge >= 0.3 is 12.2 Å². The van der Waals surface area contributed by atoms with E-state index < -0.39 is 59.1 Å². The van der Waals surface area contributed by atoms with Crippen LogP contribution in [-0.2, 0) is 41.5 Å². The molecule has 0 aliphatic carbocycles. The van der Waals surface area contributed by atoms with E-state index in [0.29, 0.717) is 53.3 Å². The maximum Gasteiger partial charge on any atom is 0.418 e. The number of urea groups is 1. The first-order valence-corrected chi connectivity index (χ1v) is 32.0. The topological polar surface area (TPSA) is 263 Å². The number of hydrogen-bond donors (Lipinski definition) is 6. The summed E-state index contributed by atoms with van der Waals surface area (Å²) in [5.41, 5.74) is 10.3. The number of aromatic nitrogens is 3. The third-order valence-corrected chi connectivity index (χ3v) is 17.0. The lowest BCUT2D eigenvalue weighted by atomic mass is 10.0. The SMILES string of the molecule is CC(C)[C@H](NC(=O)CCCC(=O)N1CCN(c2ccc(-n3c(=O)ccc4cnc5ccc(-c6cnc7ccccc7c6)cc5c43)cc2C(F)(F)F)CC1)C(=O)N[C@@H](CCCNC(N)=O)C(=O)NCCCCCC(=O)NCCC(=O)N1Cc2ccccc2C#Cc2ccccc21. The zero-order valence-electron chi connectivity index (χ0n) is 52.9. The number of piperazine rings is 1. The van der Waals surface area contributed by atoms with Crippen molar-refractivity contribution in [3.05, 3.63) is 172 Å². The summed E-state index contributed by atoms with van der Waals surface area (Å²) in [4.78, 5) is 120. The summed E-state index contributed by atoms with van der Waals surface area (Å²) in [6, 6.07) is 34.3. The molecule has 23 heteroatoms. The Bertz CT molecular complexity index is 4330. The number of benzene rings is 5. The molecule has 0 saturated carbocycles. The number of para-hydroxylation sites is 2.